The summed E-state index contributed by atoms with van der Waals surface area (Å²) < 4.78 is 0.874. The van der Waals surface area contributed by atoms with Crippen LogP contribution in [0.1, 0.15) is 27.5 Å². The van der Waals surface area contributed by atoms with Gasteiger partial charge in [-0.3, -0.25) is 0 Å². The molecular weight excluding hydrogens is 348 g/mol. The van der Waals surface area contributed by atoms with Crippen LogP contribution in [0.25, 0.3) is 0 Å². The Labute approximate surface area is 160 Å². The maximum absolute atomic E-state index is 6.35. The average molecular weight is 373 g/mol. The van der Waals surface area contributed by atoms with Crippen molar-refractivity contribution in [2.24, 2.45) is 0 Å². The van der Waals surface area contributed by atoms with Gasteiger partial charge in [0.1, 0.15) is 0 Å². The number of aryl methyl sites for hydroxylation is 1. The van der Waals surface area contributed by atoms with Gasteiger partial charge in [0.15, 0.2) is 0 Å². The van der Waals surface area contributed by atoms with E-state index >= 15 is 0 Å². The summed E-state index contributed by atoms with van der Waals surface area (Å²) in [6, 6.07) is 10.8. The smallest absolute Gasteiger partial charge is 0.0934 e. The first-order chi connectivity index (χ1) is 12.0. The van der Waals surface area contributed by atoms with E-state index in [1.54, 1.807) is 11.3 Å². The second-order valence-corrected chi connectivity index (χ2v) is 8.64. The number of fused-ring (bicyclic) bond motifs is 1. The largest absolute Gasteiger partial charge is 0.366 e. The van der Waals surface area contributed by atoms with Crippen molar-refractivity contribution in [2.75, 3.05) is 27.2 Å². The van der Waals surface area contributed by atoms with Gasteiger partial charge in [0.05, 0.1) is 10.9 Å². The van der Waals surface area contributed by atoms with Crippen molar-refractivity contribution in [3.05, 3.63) is 80.7 Å². The standard InChI is InChI=1S/C21H25ClN2S/c1-15-8-5-6-10-17(15)19-13-24(16(2)9-7-11-23(3)4)14-20-18(19)12-21(22)25-20/h5-10,12,19H,2,11,13-14H2,1,3-4H3/b9-7+. The molecule has 0 amide bonds. The van der Waals surface area contributed by atoms with E-state index in [1.165, 1.54) is 21.6 Å². The van der Waals surface area contributed by atoms with Gasteiger partial charge in [-0.1, -0.05) is 48.5 Å². The lowest BCUT2D eigenvalue weighted by Crippen LogP contribution is -2.32. The lowest BCUT2D eigenvalue weighted by atomic mass is 9.86. The van der Waals surface area contributed by atoms with Gasteiger partial charge in [-0.25, -0.2) is 0 Å². The van der Waals surface area contributed by atoms with Gasteiger partial charge in [-0.05, 0) is 49.9 Å². The van der Waals surface area contributed by atoms with Crippen LogP contribution in [0.2, 0.25) is 4.34 Å². The molecule has 0 radical (unpaired) electrons. The molecular formula is C21H25ClN2S. The molecule has 0 spiro atoms. The Morgan fingerprint density at radius 2 is 2.12 bits per heavy atom. The third-order valence-corrected chi connectivity index (χ3v) is 5.94. The molecule has 0 saturated carbocycles. The summed E-state index contributed by atoms with van der Waals surface area (Å²) in [5.41, 5.74) is 5.16. The highest BCUT2D eigenvalue weighted by Gasteiger charge is 2.29. The summed E-state index contributed by atoms with van der Waals surface area (Å²) in [6.45, 7) is 9.24. The molecule has 1 atom stereocenters. The lowest BCUT2D eigenvalue weighted by molar-refractivity contribution is 0.318. The first kappa shape index (κ1) is 18.2. The van der Waals surface area contributed by atoms with Crippen LogP contribution in [-0.2, 0) is 6.54 Å². The van der Waals surface area contributed by atoms with E-state index in [9.17, 15) is 0 Å². The molecule has 0 aliphatic carbocycles. The second-order valence-electron chi connectivity index (χ2n) is 6.87. The minimum atomic E-state index is 0.340. The van der Waals surface area contributed by atoms with Crippen molar-refractivity contribution in [3.63, 3.8) is 0 Å². The SMILES string of the molecule is C=C(/C=C/CN(C)C)N1Cc2sc(Cl)cc2C(c2ccccc2C)C1. The van der Waals surface area contributed by atoms with E-state index in [0.717, 1.165) is 29.7 Å². The molecule has 1 unspecified atom stereocenters. The first-order valence-corrected chi connectivity index (χ1v) is 9.74. The number of halogens is 1. The number of allylic oxidation sites excluding steroid dienone is 1. The highest BCUT2D eigenvalue weighted by molar-refractivity contribution is 7.16. The molecule has 2 aromatic rings. The van der Waals surface area contributed by atoms with Crippen LogP contribution in [0.15, 0.2) is 54.8 Å². The van der Waals surface area contributed by atoms with Crippen molar-refractivity contribution in [1.82, 2.24) is 9.80 Å². The average Bonchev–Trinajstić information content (AvgIpc) is 2.94. The number of thiophene rings is 1. The Bertz CT molecular complexity index is 791. The van der Waals surface area contributed by atoms with Gasteiger partial charge in [0, 0.05) is 29.6 Å². The summed E-state index contributed by atoms with van der Waals surface area (Å²) in [4.78, 5) is 5.87. The number of likely N-dealkylation sites (N-methyl/N-ethyl adjacent to an activating group) is 1. The summed E-state index contributed by atoms with van der Waals surface area (Å²) >= 11 is 8.04. The predicted molar refractivity (Wildman–Crippen MR) is 110 cm³/mol. The van der Waals surface area contributed by atoms with Crippen molar-refractivity contribution in [2.45, 2.75) is 19.4 Å². The number of benzene rings is 1. The zero-order valence-corrected chi connectivity index (χ0v) is 16.7. The van der Waals surface area contributed by atoms with Crippen molar-refractivity contribution < 1.29 is 0 Å². The molecule has 1 aliphatic heterocycles. The zero-order chi connectivity index (χ0) is 18.0. The fourth-order valence-electron chi connectivity index (χ4n) is 3.35. The molecule has 0 N–H and O–H groups in total. The van der Waals surface area contributed by atoms with E-state index in [1.807, 2.05) is 0 Å². The second kappa shape index (κ2) is 7.77. The fraction of sp³-hybridized carbons (Fsp3) is 0.333. The quantitative estimate of drug-likeness (QED) is 0.658. The Kier molecular flexibility index (Phi) is 5.67. The van der Waals surface area contributed by atoms with Crippen LogP contribution >= 0.6 is 22.9 Å². The van der Waals surface area contributed by atoms with E-state index in [4.69, 9.17) is 11.6 Å². The number of hydrogen-bond acceptors (Lipinski definition) is 3. The minimum absolute atomic E-state index is 0.340. The predicted octanol–water partition coefficient (Wildman–Crippen LogP) is 5.29. The topological polar surface area (TPSA) is 6.48 Å². The molecule has 3 rings (SSSR count). The third kappa shape index (κ3) is 4.17. The van der Waals surface area contributed by atoms with E-state index in [2.05, 4.69) is 79.9 Å². The van der Waals surface area contributed by atoms with Crippen molar-refractivity contribution in [3.8, 4) is 0 Å². The molecule has 0 fully saturated rings. The van der Waals surface area contributed by atoms with Crippen LogP contribution in [0.5, 0.6) is 0 Å². The van der Waals surface area contributed by atoms with Crippen LogP contribution in [0.4, 0.5) is 0 Å². The molecule has 0 bridgehead atoms. The Balaban J connectivity index is 1.89. The van der Waals surface area contributed by atoms with Crippen LogP contribution < -0.4 is 0 Å². The normalized spacial score (nSPS) is 17.3. The monoisotopic (exact) mass is 372 g/mol. The van der Waals surface area contributed by atoms with Crippen LogP contribution in [0.3, 0.4) is 0 Å². The molecule has 132 valence electrons. The van der Waals surface area contributed by atoms with Crippen molar-refractivity contribution >= 4 is 22.9 Å². The molecule has 1 aliphatic rings. The van der Waals surface area contributed by atoms with Gasteiger partial charge in [0.25, 0.3) is 0 Å². The van der Waals surface area contributed by atoms with Gasteiger partial charge in [-0.15, -0.1) is 11.3 Å². The number of hydrogen-bond donors (Lipinski definition) is 0. The molecule has 1 aromatic carbocycles. The molecule has 2 heterocycles. The lowest BCUT2D eigenvalue weighted by Gasteiger charge is -2.35. The maximum atomic E-state index is 6.35. The van der Waals surface area contributed by atoms with Crippen molar-refractivity contribution in [1.29, 1.82) is 0 Å². The Morgan fingerprint density at radius 3 is 2.84 bits per heavy atom. The van der Waals surface area contributed by atoms with E-state index in [-0.39, 0.29) is 0 Å². The first-order valence-electron chi connectivity index (χ1n) is 8.54. The summed E-state index contributed by atoms with van der Waals surface area (Å²) in [5.74, 6) is 0.340. The molecule has 1 aromatic heterocycles. The Hall–Kier alpha value is -1.55. The fourth-order valence-corrected chi connectivity index (χ4v) is 4.71. The third-order valence-electron chi connectivity index (χ3n) is 4.68. The highest BCUT2D eigenvalue weighted by atomic mass is 35.5. The summed E-state index contributed by atoms with van der Waals surface area (Å²) in [5, 5.41) is 0. The van der Waals surface area contributed by atoms with Crippen LogP contribution in [0, 0.1) is 6.92 Å². The minimum Gasteiger partial charge on any atom is -0.366 e. The summed E-state index contributed by atoms with van der Waals surface area (Å²) in [6.07, 6.45) is 4.30. The van der Waals surface area contributed by atoms with E-state index in [0.29, 0.717) is 5.92 Å². The van der Waals surface area contributed by atoms with E-state index < -0.39 is 0 Å². The molecule has 25 heavy (non-hydrogen) atoms. The molecule has 0 saturated heterocycles. The number of rotatable bonds is 5. The van der Waals surface area contributed by atoms with Crippen LogP contribution in [-0.4, -0.2) is 37.0 Å². The van der Waals surface area contributed by atoms with Gasteiger partial charge in [0.2, 0.25) is 0 Å². The van der Waals surface area contributed by atoms with Gasteiger partial charge >= 0.3 is 0 Å². The molecule has 2 nitrogen and oxygen atoms in total. The number of nitrogens with zero attached hydrogens (tertiary/aromatic N) is 2. The van der Waals surface area contributed by atoms with Gasteiger partial charge < -0.3 is 9.80 Å². The van der Waals surface area contributed by atoms with Gasteiger partial charge in [-0.2, -0.15) is 0 Å². The zero-order valence-electron chi connectivity index (χ0n) is 15.1. The summed E-state index contributed by atoms with van der Waals surface area (Å²) in [7, 11) is 4.14. The Morgan fingerprint density at radius 1 is 1.36 bits per heavy atom. The maximum Gasteiger partial charge on any atom is 0.0934 e. The highest BCUT2D eigenvalue weighted by Crippen LogP contribution is 2.41. The molecule has 4 heteroatoms.